The van der Waals surface area contributed by atoms with Crippen LogP contribution < -0.4 is 4.74 Å². The number of phenols is 1. The van der Waals surface area contributed by atoms with Crippen molar-refractivity contribution in [2.24, 2.45) is 0 Å². The van der Waals surface area contributed by atoms with Crippen molar-refractivity contribution in [3.63, 3.8) is 0 Å². The molecule has 0 saturated carbocycles. The molecular formula is C13H10BrN3O2. The number of phenolic OH excluding ortho intramolecular Hbond substituents is 1. The summed E-state index contributed by atoms with van der Waals surface area (Å²) in [5.41, 5.74) is 0.743. The lowest BCUT2D eigenvalue weighted by atomic mass is 10.1. The zero-order valence-electron chi connectivity index (χ0n) is 10.0. The number of fused-ring (bicyclic) bond motifs is 1. The predicted octanol–water partition coefficient (Wildman–Crippen LogP) is 2.90. The number of halogens is 1. The number of nitrogens with zero attached hydrogens (tertiary/aromatic N) is 3. The molecule has 6 heteroatoms. The Kier molecular flexibility index (Phi) is 2.87. The van der Waals surface area contributed by atoms with Gasteiger partial charge < -0.3 is 9.84 Å². The molecule has 0 atom stereocenters. The van der Waals surface area contributed by atoms with Crippen LogP contribution in [0.4, 0.5) is 0 Å². The van der Waals surface area contributed by atoms with Gasteiger partial charge in [-0.15, -0.1) is 0 Å². The maximum absolute atomic E-state index is 10.1. The summed E-state index contributed by atoms with van der Waals surface area (Å²) in [6.07, 6.45) is 3.03. The van der Waals surface area contributed by atoms with Crippen molar-refractivity contribution in [3.8, 4) is 17.2 Å². The Morgan fingerprint density at radius 1 is 1.26 bits per heavy atom. The van der Waals surface area contributed by atoms with Gasteiger partial charge in [0.15, 0.2) is 11.5 Å². The van der Waals surface area contributed by atoms with E-state index < -0.39 is 0 Å². The van der Waals surface area contributed by atoms with Crippen LogP contribution in [0.2, 0.25) is 0 Å². The Morgan fingerprint density at radius 3 is 2.79 bits per heavy atom. The van der Waals surface area contributed by atoms with Crippen LogP contribution in [0.1, 0.15) is 0 Å². The second-order valence-electron chi connectivity index (χ2n) is 3.98. The fourth-order valence-corrected chi connectivity index (χ4v) is 2.43. The van der Waals surface area contributed by atoms with Crippen LogP contribution in [0, 0.1) is 0 Å². The lowest BCUT2D eigenvalue weighted by molar-refractivity contribution is 0.378. The maximum atomic E-state index is 10.1. The topological polar surface area (TPSA) is 60.2 Å². The molecule has 0 unspecified atom stereocenters. The first-order valence-electron chi connectivity index (χ1n) is 5.55. The van der Waals surface area contributed by atoms with Crippen molar-refractivity contribution in [2.45, 2.75) is 0 Å². The van der Waals surface area contributed by atoms with E-state index in [1.54, 1.807) is 17.1 Å². The third-order valence-electron chi connectivity index (χ3n) is 2.88. The van der Waals surface area contributed by atoms with E-state index in [4.69, 9.17) is 4.74 Å². The molecule has 0 fully saturated rings. The summed E-state index contributed by atoms with van der Waals surface area (Å²) in [7, 11) is 1.53. The number of rotatable bonds is 2. The normalized spacial score (nSPS) is 10.8. The molecule has 0 aliphatic carbocycles. The molecule has 0 aliphatic rings. The standard InChI is InChI=1S/C13H10BrN3O2/c1-19-13-9-3-2-8(14)4-10(9)11(5-12(13)18)17-7-15-6-16-17/h2-7,18H,1H3. The third kappa shape index (κ3) is 1.94. The molecule has 96 valence electrons. The summed E-state index contributed by atoms with van der Waals surface area (Å²) >= 11 is 3.45. The van der Waals surface area contributed by atoms with E-state index in [0.717, 1.165) is 20.9 Å². The van der Waals surface area contributed by atoms with E-state index in [0.29, 0.717) is 5.75 Å². The third-order valence-corrected chi connectivity index (χ3v) is 3.37. The van der Waals surface area contributed by atoms with Crippen LogP contribution in [0.5, 0.6) is 11.5 Å². The first kappa shape index (κ1) is 12.0. The van der Waals surface area contributed by atoms with E-state index in [9.17, 15) is 5.11 Å². The average Bonchev–Trinajstić information content (AvgIpc) is 2.92. The Hall–Kier alpha value is -2.08. The molecule has 0 spiro atoms. The number of aromatic nitrogens is 3. The fourth-order valence-electron chi connectivity index (χ4n) is 2.07. The van der Waals surface area contributed by atoms with Crippen LogP contribution in [-0.2, 0) is 0 Å². The van der Waals surface area contributed by atoms with Crippen LogP contribution in [0.15, 0.2) is 41.4 Å². The quantitative estimate of drug-likeness (QED) is 0.789. The van der Waals surface area contributed by atoms with Crippen LogP contribution >= 0.6 is 15.9 Å². The van der Waals surface area contributed by atoms with Crippen molar-refractivity contribution >= 4 is 26.7 Å². The van der Waals surface area contributed by atoms with E-state index in [1.807, 2.05) is 18.2 Å². The lowest BCUT2D eigenvalue weighted by Gasteiger charge is -2.12. The van der Waals surface area contributed by atoms with Gasteiger partial charge in [0.1, 0.15) is 12.7 Å². The number of aromatic hydroxyl groups is 1. The molecular weight excluding hydrogens is 310 g/mol. The van der Waals surface area contributed by atoms with Gasteiger partial charge in [0.25, 0.3) is 0 Å². The smallest absolute Gasteiger partial charge is 0.168 e. The minimum absolute atomic E-state index is 0.0721. The van der Waals surface area contributed by atoms with Crippen molar-refractivity contribution in [1.29, 1.82) is 0 Å². The van der Waals surface area contributed by atoms with Gasteiger partial charge in [0.2, 0.25) is 0 Å². The van der Waals surface area contributed by atoms with E-state index in [1.165, 1.54) is 13.4 Å². The molecule has 2 aromatic carbocycles. The molecule has 1 N–H and O–H groups in total. The van der Waals surface area contributed by atoms with Crippen LogP contribution in [-0.4, -0.2) is 27.0 Å². The van der Waals surface area contributed by atoms with Crippen molar-refractivity contribution in [1.82, 2.24) is 14.8 Å². The highest BCUT2D eigenvalue weighted by Crippen LogP contribution is 2.39. The van der Waals surface area contributed by atoms with Gasteiger partial charge >= 0.3 is 0 Å². The van der Waals surface area contributed by atoms with Crippen molar-refractivity contribution < 1.29 is 9.84 Å². The van der Waals surface area contributed by atoms with Crippen LogP contribution in [0.25, 0.3) is 16.5 Å². The number of hydrogen-bond acceptors (Lipinski definition) is 4. The minimum atomic E-state index is 0.0721. The van der Waals surface area contributed by atoms with Gasteiger partial charge in [-0.2, -0.15) is 5.10 Å². The summed E-state index contributed by atoms with van der Waals surface area (Å²) in [6, 6.07) is 7.35. The highest BCUT2D eigenvalue weighted by molar-refractivity contribution is 9.10. The number of benzene rings is 2. The first-order valence-corrected chi connectivity index (χ1v) is 6.34. The Labute approximate surface area is 117 Å². The average molecular weight is 320 g/mol. The molecule has 5 nitrogen and oxygen atoms in total. The molecule has 1 aromatic heterocycles. The second-order valence-corrected chi connectivity index (χ2v) is 4.89. The van der Waals surface area contributed by atoms with E-state index in [-0.39, 0.29) is 5.75 Å². The van der Waals surface area contributed by atoms with Gasteiger partial charge in [-0.1, -0.05) is 15.9 Å². The summed E-state index contributed by atoms with van der Waals surface area (Å²) in [6.45, 7) is 0. The summed E-state index contributed by atoms with van der Waals surface area (Å²) < 4.78 is 7.80. The number of hydrogen-bond donors (Lipinski definition) is 1. The van der Waals surface area contributed by atoms with Gasteiger partial charge in [0, 0.05) is 21.3 Å². The molecule has 3 aromatic rings. The molecule has 0 amide bonds. The molecule has 0 radical (unpaired) electrons. The molecule has 3 rings (SSSR count). The van der Waals surface area contributed by atoms with Gasteiger partial charge in [-0.25, -0.2) is 9.67 Å². The molecule has 1 heterocycles. The minimum Gasteiger partial charge on any atom is -0.504 e. The Bertz CT molecular complexity index is 741. The Balaban J connectivity index is 2.42. The molecule has 19 heavy (non-hydrogen) atoms. The van der Waals surface area contributed by atoms with Gasteiger partial charge in [-0.05, 0) is 18.2 Å². The largest absolute Gasteiger partial charge is 0.504 e. The Morgan fingerprint density at radius 2 is 2.11 bits per heavy atom. The van der Waals surface area contributed by atoms with E-state index >= 15 is 0 Å². The van der Waals surface area contributed by atoms with Crippen molar-refractivity contribution in [3.05, 3.63) is 41.4 Å². The maximum Gasteiger partial charge on any atom is 0.168 e. The number of ether oxygens (including phenoxy) is 1. The highest BCUT2D eigenvalue weighted by Gasteiger charge is 2.14. The lowest BCUT2D eigenvalue weighted by Crippen LogP contribution is -1.97. The van der Waals surface area contributed by atoms with Gasteiger partial charge in [-0.3, -0.25) is 0 Å². The zero-order chi connectivity index (χ0) is 13.4. The zero-order valence-corrected chi connectivity index (χ0v) is 11.6. The fraction of sp³-hybridized carbons (Fsp3) is 0.0769. The predicted molar refractivity (Wildman–Crippen MR) is 74.8 cm³/mol. The monoisotopic (exact) mass is 319 g/mol. The SMILES string of the molecule is COc1c(O)cc(-n2cncn2)c2cc(Br)ccc12. The van der Waals surface area contributed by atoms with Crippen molar-refractivity contribution in [2.75, 3.05) is 7.11 Å². The summed E-state index contributed by atoms with van der Waals surface area (Å²) in [5, 5.41) is 15.9. The summed E-state index contributed by atoms with van der Waals surface area (Å²) in [5.74, 6) is 0.522. The van der Waals surface area contributed by atoms with Crippen LogP contribution in [0.3, 0.4) is 0 Å². The first-order chi connectivity index (χ1) is 9.20. The second kappa shape index (κ2) is 4.55. The summed E-state index contributed by atoms with van der Waals surface area (Å²) in [4.78, 5) is 3.93. The molecule has 0 aliphatic heterocycles. The van der Waals surface area contributed by atoms with Gasteiger partial charge in [0.05, 0.1) is 12.8 Å². The van der Waals surface area contributed by atoms with E-state index in [2.05, 4.69) is 26.0 Å². The number of methoxy groups -OCH3 is 1. The highest BCUT2D eigenvalue weighted by atomic mass is 79.9. The molecule has 0 saturated heterocycles. The molecule has 0 bridgehead atoms.